The molecule has 0 atom stereocenters. The number of hydrogen-bond donors (Lipinski definition) is 1. The van der Waals surface area contributed by atoms with Gasteiger partial charge < -0.3 is 4.90 Å². The van der Waals surface area contributed by atoms with Gasteiger partial charge in [0.15, 0.2) is 5.65 Å². The molecule has 8 heteroatoms. The summed E-state index contributed by atoms with van der Waals surface area (Å²) in [4.78, 5) is 36.5. The Morgan fingerprint density at radius 2 is 1.71 bits per heavy atom. The highest BCUT2D eigenvalue weighted by Gasteiger charge is 2.24. The van der Waals surface area contributed by atoms with Crippen molar-refractivity contribution in [3.05, 3.63) is 26.7 Å². The molecule has 2 aromatic rings. The van der Waals surface area contributed by atoms with Crippen molar-refractivity contribution in [3.8, 4) is 0 Å². The molecule has 3 heterocycles. The van der Waals surface area contributed by atoms with Gasteiger partial charge >= 0.3 is 5.69 Å². The van der Waals surface area contributed by atoms with Gasteiger partial charge in [-0.15, -0.1) is 0 Å². The highest BCUT2D eigenvalue weighted by atomic mass is 32.2. The van der Waals surface area contributed by atoms with Crippen LogP contribution in [0.25, 0.3) is 11.0 Å². The van der Waals surface area contributed by atoms with Gasteiger partial charge in [0.25, 0.3) is 5.56 Å². The van der Waals surface area contributed by atoms with Gasteiger partial charge in [-0.2, -0.15) is 0 Å². The van der Waals surface area contributed by atoms with Crippen molar-refractivity contribution < 1.29 is 4.90 Å². The third-order valence-corrected chi connectivity index (χ3v) is 7.24. The SMILES string of the molecule is Cn1c(=O)c2c(SCC[NH+]3CCCCC3)nc(C3CCCC3)nc2n(C)c1=O. The summed E-state index contributed by atoms with van der Waals surface area (Å²) < 4.78 is 2.66. The van der Waals surface area contributed by atoms with Crippen molar-refractivity contribution in [1.29, 1.82) is 0 Å². The number of rotatable bonds is 5. The molecular formula is C20H30N5O2S+. The van der Waals surface area contributed by atoms with Crippen LogP contribution in [0.3, 0.4) is 0 Å². The average molecular weight is 405 g/mol. The van der Waals surface area contributed by atoms with Crippen LogP contribution in [0.15, 0.2) is 14.6 Å². The van der Waals surface area contributed by atoms with E-state index in [4.69, 9.17) is 9.97 Å². The lowest BCUT2D eigenvalue weighted by atomic mass is 10.1. The van der Waals surface area contributed by atoms with E-state index >= 15 is 0 Å². The van der Waals surface area contributed by atoms with Crippen molar-refractivity contribution in [2.24, 2.45) is 14.1 Å². The molecule has 2 aromatic heterocycles. The van der Waals surface area contributed by atoms with Gasteiger partial charge in [0.05, 0.1) is 19.6 Å². The molecule has 7 nitrogen and oxygen atoms in total. The Morgan fingerprint density at radius 3 is 2.43 bits per heavy atom. The molecule has 0 radical (unpaired) electrons. The molecule has 1 saturated carbocycles. The highest BCUT2D eigenvalue weighted by molar-refractivity contribution is 7.99. The maximum absolute atomic E-state index is 12.9. The summed E-state index contributed by atoms with van der Waals surface area (Å²) in [5.41, 5.74) is -0.135. The van der Waals surface area contributed by atoms with Crippen LogP contribution in [0, 0.1) is 0 Å². The molecule has 0 aromatic carbocycles. The summed E-state index contributed by atoms with van der Waals surface area (Å²) in [7, 11) is 3.23. The van der Waals surface area contributed by atoms with E-state index in [9.17, 15) is 9.59 Å². The van der Waals surface area contributed by atoms with E-state index in [2.05, 4.69) is 0 Å². The largest absolute Gasteiger partial charge is 0.334 e. The number of nitrogens with one attached hydrogen (secondary N) is 1. The van der Waals surface area contributed by atoms with Crippen LogP contribution >= 0.6 is 11.8 Å². The normalized spacial score (nSPS) is 18.9. The van der Waals surface area contributed by atoms with E-state index < -0.39 is 0 Å². The van der Waals surface area contributed by atoms with Gasteiger partial charge in [-0.1, -0.05) is 24.6 Å². The quantitative estimate of drug-likeness (QED) is 0.591. The average Bonchev–Trinajstić information content (AvgIpc) is 3.26. The zero-order valence-corrected chi connectivity index (χ0v) is 17.7. The van der Waals surface area contributed by atoms with Crippen LogP contribution in [-0.4, -0.2) is 44.5 Å². The lowest BCUT2D eigenvalue weighted by Gasteiger charge is -2.23. The van der Waals surface area contributed by atoms with Crippen molar-refractivity contribution in [2.75, 3.05) is 25.4 Å². The van der Waals surface area contributed by atoms with E-state index in [1.54, 1.807) is 23.7 Å². The number of quaternary nitrogens is 1. The van der Waals surface area contributed by atoms with Gasteiger partial charge in [0.2, 0.25) is 0 Å². The minimum absolute atomic E-state index is 0.288. The number of hydrogen-bond acceptors (Lipinski definition) is 5. The number of aryl methyl sites for hydroxylation is 1. The molecule has 2 aliphatic rings. The van der Waals surface area contributed by atoms with Crippen molar-refractivity contribution in [2.45, 2.75) is 55.9 Å². The fraction of sp³-hybridized carbons (Fsp3) is 0.700. The number of likely N-dealkylation sites (tertiary alicyclic amines) is 1. The first-order valence-corrected chi connectivity index (χ1v) is 11.5. The number of piperidine rings is 1. The third-order valence-electron chi connectivity index (χ3n) is 6.26. The lowest BCUT2D eigenvalue weighted by Crippen LogP contribution is -3.13. The smallest absolute Gasteiger partial charge is 0.332 e. The first kappa shape index (κ1) is 19.6. The molecule has 152 valence electrons. The highest BCUT2D eigenvalue weighted by Crippen LogP contribution is 2.34. The first-order valence-electron chi connectivity index (χ1n) is 10.5. The molecule has 0 bridgehead atoms. The molecule has 1 saturated heterocycles. The minimum Gasteiger partial charge on any atom is -0.334 e. The van der Waals surface area contributed by atoms with E-state index in [-0.39, 0.29) is 11.2 Å². The second-order valence-corrected chi connectivity index (χ2v) is 9.27. The molecular weight excluding hydrogens is 374 g/mol. The Kier molecular flexibility index (Phi) is 5.87. The zero-order chi connectivity index (χ0) is 19.7. The minimum atomic E-state index is -0.331. The summed E-state index contributed by atoms with van der Waals surface area (Å²) >= 11 is 1.65. The van der Waals surface area contributed by atoms with Crippen LogP contribution in [0.2, 0.25) is 0 Å². The number of fused-ring (bicyclic) bond motifs is 1. The van der Waals surface area contributed by atoms with Crippen LogP contribution in [-0.2, 0) is 14.1 Å². The Morgan fingerprint density at radius 1 is 1.00 bits per heavy atom. The molecule has 4 rings (SSSR count). The maximum Gasteiger partial charge on any atom is 0.332 e. The van der Waals surface area contributed by atoms with Crippen LogP contribution in [0.1, 0.15) is 56.7 Å². The van der Waals surface area contributed by atoms with Crippen molar-refractivity contribution >= 4 is 22.8 Å². The fourth-order valence-electron chi connectivity index (χ4n) is 4.51. The standard InChI is InChI=1S/C20H29N5O2S/c1-23-17-15(19(26)24(2)20(23)27)18(22-16(21-17)14-8-4-5-9-14)28-13-12-25-10-6-3-7-11-25/h14H,3-13H2,1-2H3/p+1. The second kappa shape index (κ2) is 8.37. The van der Waals surface area contributed by atoms with E-state index in [1.807, 2.05) is 0 Å². The second-order valence-electron chi connectivity index (χ2n) is 8.18. The predicted molar refractivity (Wildman–Crippen MR) is 111 cm³/mol. The van der Waals surface area contributed by atoms with Gasteiger partial charge in [0, 0.05) is 25.8 Å². The topological polar surface area (TPSA) is 74.2 Å². The zero-order valence-electron chi connectivity index (χ0n) is 16.9. The number of nitrogens with zero attached hydrogens (tertiary/aromatic N) is 4. The van der Waals surface area contributed by atoms with Gasteiger partial charge in [-0.3, -0.25) is 13.9 Å². The summed E-state index contributed by atoms with van der Waals surface area (Å²) in [6.07, 6.45) is 8.54. The molecule has 2 fully saturated rings. The van der Waals surface area contributed by atoms with E-state index in [0.29, 0.717) is 17.0 Å². The van der Waals surface area contributed by atoms with Gasteiger partial charge in [-0.05, 0) is 32.1 Å². The summed E-state index contributed by atoms with van der Waals surface area (Å²) in [5.74, 6) is 2.08. The van der Waals surface area contributed by atoms with E-state index in [1.165, 1.54) is 61.4 Å². The van der Waals surface area contributed by atoms with Gasteiger partial charge in [-0.25, -0.2) is 14.8 Å². The molecule has 28 heavy (non-hydrogen) atoms. The Hall–Kier alpha value is -1.67. The number of thioether (sulfide) groups is 1. The van der Waals surface area contributed by atoms with Crippen LogP contribution in [0.5, 0.6) is 0 Å². The van der Waals surface area contributed by atoms with Crippen LogP contribution < -0.4 is 16.1 Å². The summed E-state index contributed by atoms with van der Waals surface area (Å²) in [5, 5.41) is 1.24. The molecule has 1 N–H and O–H groups in total. The third kappa shape index (κ3) is 3.76. The molecule has 0 unspecified atom stereocenters. The summed E-state index contributed by atoms with van der Waals surface area (Å²) in [6, 6.07) is 0. The molecule has 1 aliphatic carbocycles. The van der Waals surface area contributed by atoms with Crippen LogP contribution in [0.4, 0.5) is 0 Å². The lowest BCUT2D eigenvalue weighted by molar-refractivity contribution is -0.902. The predicted octanol–water partition coefficient (Wildman–Crippen LogP) is 0.846. The van der Waals surface area contributed by atoms with Crippen molar-refractivity contribution in [3.63, 3.8) is 0 Å². The Labute approximate surface area is 169 Å². The van der Waals surface area contributed by atoms with E-state index in [0.717, 1.165) is 36.0 Å². The monoisotopic (exact) mass is 404 g/mol. The number of aromatic nitrogens is 4. The summed E-state index contributed by atoms with van der Waals surface area (Å²) in [6.45, 7) is 3.57. The fourth-order valence-corrected chi connectivity index (χ4v) is 5.57. The molecule has 0 amide bonds. The Balaban J connectivity index is 1.71. The Bertz CT molecular complexity index is 971. The van der Waals surface area contributed by atoms with Gasteiger partial charge in [0.1, 0.15) is 16.2 Å². The molecule has 0 spiro atoms. The first-order chi connectivity index (χ1) is 13.6. The van der Waals surface area contributed by atoms with Crippen molar-refractivity contribution in [1.82, 2.24) is 19.1 Å². The maximum atomic E-state index is 12.9. The molecule has 1 aliphatic heterocycles.